The summed E-state index contributed by atoms with van der Waals surface area (Å²) in [6, 6.07) is 14.3. The lowest BCUT2D eigenvalue weighted by atomic mass is 9.92. The molecule has 10 heteroatoms. The first-order valence-electron chi connectivity index (χ1n) is 12.9. The molecule has 5 rings (SSSR count). The molecule has 1 aliphatic carbocycles. The molecule has 0 spiro atoms. The number of fused-ring (bicyclic) bond motifs is 1. The number of hydrogen-bond acceptors (Lipinski definition) is 8. The van der Waals surface area contributed by atoms with Gasteiger partial charge in [-0.3, -0.25) is 28.9 Å². The van der Waals surface area contributed by atoms with E-state index in [2.05, 4.69) is 10.3 Å². The van der Waals surface area contributed by atoms with Crippen molar-refractivity contribution in [3.8, 4) is 22.8 Å². The van der Waals surface area contributed by atoms with Crippen LogP contribution in [-0.2, 0) is 16.1 Å². The fourth-order valence-electron chi connectivity index (χ4n) is 5.03. The molecule has 0 saturated heterocycles. The average Bonchev–Trinajstić information content (AvgIpc) is 3.22. The van der Waals surface area contributed by atoms with Crippen LogP contribution in [0.5, 0.6) is 11.5 Å². The van der Waals surface area contributed by atoms with E-state index in [1.807, 2.05) is 13.0 Å². The predicted molar refractivity (Wildman–Crippen MR) is 143 cm³/mol. The van der Waals surface area contributed by atoms with Crippen LogP contribution < -0.4 is 14.8 Å². The van der Waals surface area contributed by atoms with Crippen LogP contribution in [0.25, 0.3) is 11.3 Å². The third-order valence-corrected chi connectivity index (χ3v) is 6.96. The number of carbonyl (C=O) groups excluding carboxylic acids is 5. The number of ether oxygens (including phenoxy) is 2. The van der Waals surface area contributed by atoms with E-state index < -0.39 is 29.5 Å². The topological polar surface area (TPSA) is 132 Å². The molecule has 1 atom stereocenters. The van der Waals surface area contributed by atoms with Crippen LogP contribution in [0.1, 0.15) is 63.0 Å². The first kappa shape index (κ1) is 26.7. The van der Waals surface area contributed by atoms with Crippen LogP contribution >= 0.6 is 0 Å². The van der Waals surface area contributed by atoms with Gasteiger partial charge in [-0.1, -0.05) is 18.2 Å². The maximum Gasteiger partial charge on any atom is 0.270 e. The largest absolute Gasteiger partial charge is 0.493 e. The zero-order valence-electron chi connectivity index (χ0n) is 22.1. The molecule has 10 nitrogen and oxygen atoms in total. The molecule has 1 unspecified atom stereocenters. The van der Waals surface area contributed by atoms with Crippen molar-refractivity contribution in [2.45, 2.75) is 38.8 Å². The number of ketones is 2. The highest BCUT2D eigenvalue weighted by atomic mass is 16.5. The van der Waals surface area contributed by atoms with Gasteiger partial charge in [0.1, 0.15) is 11.5 Å². The van der Waals surface area contributed by atoms with Gasteiger partial charge in [0.2, 0.25) is 0 Å². The van der Waals surface area contributed by atoms with Crippen molar-refractivity contribution in [3.63, 3.8) is 0 Å². The molecule has 2 heterocycles. The van der Waals surface area contributed by atoms with E-state index in [1.165, 1.54) is 6.07 Å². The summed E-state index contributed by atoms with van der Waals surface area (Å²) < 4.78 is 11.0. The van der Waals surface area contributed by atoms with Gasteiger partial charge in [-0.05, 0) is 55.3 Å². The van der Waals surface area contributed by atoms with Crippen molar-refractivity contribution < 1.29 is 33.4 Å². The molecule has 3 amide bonds. The molecule has 0 bridgehead atoms. The van der Waals surface area contributed by atoms with Crippen LogP contribution in [0.2, 0.25) is 0 Å². The average molecular weight is 542 g/mol. The van der Waals surface area contributed by atoms with Gasteiger partial charge in [0, 0.05) is 18.5 Å². The molecule has 1 fully saturated rings. The highest BCUT2D eigenvalue weighted by Gasteiger charge is 2.45. The number of Topliss-reactive ketones (excluding diaryl/α,β-unsaturated/α-hetero) is 2. The van der Waals surface area contributed by atoms with Gasteiger partial charge in [-0.2, -0.15) is 0 Å². The number of nitrogens with one attached hydrogen (secondary N) is 1. The monoisotopic (exact) mass is 541 g/mol. The minimum absolute atomic E-state index is 0.0328. The van der Waals surface area contributed by atoms with E-state index in [4.69, 9.17) is 9.47 Å². The molecule has 204 valence electrons. The number of methoxy groups -OCH3 is 1. The molecule has 3 aromatic rings. The van der Waals surface area contributed by atoms with E-state index in [1.54, 1.807) is 49.6 Å². The van der Waals surface area contributed by atoms with Crippen LogP contribution in [0.4, 0.5) is 0 Å². The maximum absolute atomic E-state index is 13.3. The van der Waals surface area contributed by atoms with E-state index in [0.29, 0.717) is 29.4 Å². The fraction of sp³-hybridized carbons (Fsp3) is 0.267. The molecule has 1 saturated carbocycles. The third kappa shape index (κ3) is 4.95. The van der Waals surface area contributed by atoms with Crippen molar-refractivity contribution in [3.05, 3.63) is 77.0 Å². The third-order valence-electron chi connectivity index (χ3n) is 6.96. The zero-order valence-corrected chi connectivity index (χ0v) is 22.1. The molecular formula is C30H27N3O7. The van der Waals surface area contributed by atoms with Crippen molar-refractivity contribution in [1.82, 2.24) is 15.2 Å². The summed E-state index contributed by atoms with van der Waals surface area (Å²) in [6.45, 7) is 2.30. The van der Waals surface area contributed by atoms with Crippen molar-refractivity contribution in [1.29, 1.82) is 0 Å². The molecular weight excluding hydrogens is 514 g/mol. The van der Waals surface area contributed by atoms with Crippen molar-refractivity contribution >= 4 is 29.3 Å². The minimum atomic E-state index is -0.958. The number of pyridine rings is 1. The Balaban J connectivity index is 1.33. The summed E-state index contributed by atoms with van der Waals surface area (Å²) in [7, 11) is 1.56. The summed E-state index contributed by atoms with van der Waals surface area (Å²) in [5, 5.41) is 2.78. The number of amides is 3. The molecule has 1 aromatic heterocycles. The Kier molecular flexibility index (Phi) is 7.41. The van der Waals surface area contributed by atoms with Gasteiger partial charge in [0.15, 0.2) is 17.3 Å². The SMILES string of the molecule is CCOc1cc(-c2cccc(C(=O)NCc3cccc4c3C(=O)N(C3CCC(=O)CC3=O)C4=O)n2)ccc1OC. The van der Waals surface area contributed by atoms with Crippen LogP contribution in [0.3, 0.4) is 0 Å². The molecule has 2 aliphatic rings. The Morgan fingerprint density at radius 1 is 1.02 bits per heavy atom. The lowest BCUT2D eigenvalue weighted by molar-refractivity contribution is -0.132. The Morgan fingerprint density at radius 3 is 2.58 bits per heavy atom. The quantitative estimate of drug-likeness (QED) is 0.339. The lowest BCUT2D eigenvalue weighted by Gasteiger charge is -2.27. The second kappa shape index (κ2) is 11.1. The predicted octanol–water partition coefficient (Wildman–Crippen LogP) is 3.37. The van der Waals surface area contributed by atoms with Crippen molar-refractivity contribution in [2.24, 2.45) is 0 Å². The second-order valence-electron chi connectivity index (χ2n) is 9.45. The molecule has 40 heavy (non-hydrogen) atoms. The van der Waals surface area contributed by atoms with E-state index in [9.17, 15) is 24.0 Å². The number of carbonyl (C=O) groups is 5. The van der Waals surface area contributed by atoms with E-state index in [-0.39, 0.29) is 48.4 Å². The van der Waals surface area contributed by atoms with Crippen LogP contribution in [0.15, 0.2) is 54.6 Å². The van der Waals surface area contributed by atoms with Gasteiger partial charge >= 0.3 is 0 Å². The number of aromatic nitrogens is 1. The number of hydrogen-bond donors (Lipinski definition) is 1. The maximum atomic E-state index is 13.3. The Hall–Kier alpha value is -4.86. The summed E-state index contributed by atoms with van der Waals surface area (Å²) >= 11 is 0. The highest BCUT2D eigenvalue weighted by molar-refractivity contribution is 6.24. The summed E-state index contributed by atoms with van der Waals surface area (Å²) in [6.07, 6.45) is -0.0176. The smallest absolute Gasteiger partial charge is 0.270 e. The van der Waals surface area contributed by atoms with Crippen LogP contribution in [-0.4, -0.2) is 58.9 Å². The Bertz CT molecular complexity index is 1550. The number of rotatable bonds is 8. The standard InChI is InChI=1S/C30H27N3O7/c1-3-40-26-14-17(10-13-25(26)39-2)21-8-5-9-22(32-21)28(36)31-16-18-6-4-7-20-27(18)30(38)33(29(20)37)23-12-11-19(34)15-24(23)35/h4-10,13-14,23H,3,11-12,15-16H2,1-2H3,(H,31,36). The minimum Gasteiger partial charge on any atom is -0.493 e. The van der Waals surface area contributed by atoms with Gasteiger partial charge in [-0.15, -0.1) is 0 Å². The van der Waals surface area contributed by atoms with Gasteiger partial charge < -0.3 is 14.8 Å². The fourth-order valence-corrected chi connectivity index (χ4v) is 5.03. The lowest BCUT2D eigenvalue weighted by Crippen LogP contribution is -2.47. The Morgan fingerprint density at radius 2 is 1.82 bits per heavy atom. The molecule has 1 N–H and O–H groups in total. The summed E-state index contributed by atoms with van der Waals surface area (Å²) in [5.41, 5.74) is 2.23. The summed E-state index contributed by atoms with van der Waals surface area (Å²) in [4.78, 5) is 69.0. The first-order valence-corrected chi connectivity index (χ1v) is 12.9. The molecule has 1 aliphatic heterocycles. The highest BCUT2D eigenvalue weighted by Crippen LogP contribution is 2.33. The number of nitrogens with zero attached hydrogens (tertiary/aromatic N) is 2. The van der Waals surface area contributed by atoms with Crippen LogP contribution in [0, 0.1) is 0 Å². The molecule has 2 aromatic carbocycles. The normalized spacial score (nSPS) is 16.6. The first-order chi connectivity index (χ1) is 19.3. The molecule has 0 radical (unpaired) electrons. The van der Waals surface area contributed by atoms with Gasteiger partial charge in [-0.25, -0.2) is 4.98 Å². The van der Waals surface area contributed by atoms with Crippen molar-refractivity contribution in [2.75, 3.05) is 13.7 Å². The van der Waals surface area contributed by atoms with E-state index in [0.717, 1.165) is 10.5 Å². The van der Waals surface area contributed by atoms with Gasteiger partial charge in [0.25, 0.3) is 17.7 Å². The number of imide groups is 1. The van der Waals surface area contributed by atoms with E-state index >= 15 is 0 Å². The van der Waals surface area contributed by atoms with Gasteiger partial charge in [0.05, 0.1) is 43.0 Å². The Labute approximate surface area is 230 Å². The summed E-state index contributed by atoms with van der Waals surface area (Å²) in [5.74, 6) is -1.11. The second-order valence-corrected chi connectivity index (χ2v) is 9.45. The number of benzene rings is 2. The zero-order chi connectivity index (χ0) is 28.4.